The molecule has 1 amide bonds. The quantitative estimate of drug-likeness (QED) is 0.221. The minimum Gasteiger partial charge on any atom is -0.494 e. The molecule has 0 radical (unpaired) electrons. The van der Waals surface area contributed by atoms with Gasteiger partial charge in [0.1, 0.15) is 5.60 Å². The van der Waals surface area contributed by atoms with Gasteiger partial charge in [-0.2, -0.15) is 10.1 Å². The lowest BCUT2D eigenvalue weighted by molar-refractivity contribution is 0.0247. The maximum Gasteiger partial charge on any atom is 0.430 e. The predicted octanol–water partition coefficient (Wildman–Crippen LogP) is 5.82. The third-order valence-corrected chi connectivity index (χ3v) is 9.45. The molecule has 0 heterocycles. The fraction of sp³-hybridized carbons (Fsp3) is 0.636. The molecular formula is C22H37FN2O4Si. The van der Waals surface area contributed by atoms with E-state index >= 15 is 0 Å². The summed E-state index contributed by atoms with van der Waals surface area (Å²) in [6.45, 7) is 17.2. The molecule has 170 valence electrons. The molecule has 8 heteroatoms. The zero-order valence-electron chi connectivity index (χ0n) is 19.8. The molecule has 0 spiro atoms. The first-order valence-corrected chi connectivity index (χ1v) is 13.1. The summed E-state index contributed by atoms with van der Waals surface area (Å²) in [5.74, 6) is -0.341. The van der Waals surface area contributed by atoms with Crippen molar-refractivity contribution in [1.82, 2.24) is 5.01 Å². The average Bonchev–Trinajstić information content (AvgIpc) is 2.59. The largest absolute Gasteiger partial charge is 0.494 e. The molecule has 0 aliphatic carbocycles. The highest BCUT2D eigenvalue weighted by molar-refractivity contribution is 6.74. The molecule has 0 fully saturated rings. The van der Waals surface area contributed by atoms with E-state index in [9.17, 15) is 9.18 Å². The third kappa shape index (κ3) is 8.43. The lowest BCUT2D eigenvalue weighted by Gasteiger charge is -2.36. The summed E-state index contributed by atoms with van der Waals surface area (Å²) in [6.07, 6.45) is 1.57. The number of carbonyl (C=O) groups excluding carboxylic acids is 1. The van der Waals surface area contributed by atoms with Gasteiger partial charge >= 0.3 is 6.09 Å². The Balaban J connectivity index is 2.86. The van der Waals surface area contributed by atoms with Gasteiger partial charge in [0.2, 0.25) is 0 Å². The van der Waals surface area contributed by atoms with Crippen molar-refractivity contribution in [1.29, 1.82) is 0 Å². The number of ether oxygens (including phenoxy) is 2. The second-order valence-electron chi connectivity index (χ2n) is 9.70. The Bertz CT molecular complexity index is 740. The molecule has 0 saturated heterocycles. The molecule has 0 aliphatic heterocycles. The molecule has 1 aromatic rings. The second-order valence-corrected chi connectivity index (χ2v) is 14.5. The number of methoxy groups -OCH3 is 1. The van der Waals surface area contributed by atoms with Gasteiger partial charge in [-0.3, -0.25) is 0 Å². The number of amides is 1. The fourth-order valence-electron chi connectivity index (χ4n) is 2.16. The van der Waals surface area contributed by atoms with E-state index in [2.05, 4.69) is 39.0 Å². The van der Waals surface area contributed by atoms with Crippen molar-refractivity contribution in [3.8, 4) is 5.75 Å². The summed E-state index contributed by atoms with van der Waals surface area (Å²) in [5.41, 5.74) is -0.0268. The Hall–Kier alpha value is -1.93. The number of rotatable bonds is 8. The van der Waals surface area contributed by atoms with E-state index in [1.807, 2.05) is 0 Å². The Morgan fingerprint density at radius 2 is 1.83 bits per heavy atom. The van der Waals surface area contributed by atoms with Crippen LogP contribution in [-0.2, 0) is 9.16 Å². The van der Waals surface area contributed by atoms with Crippen molar-refractivity contribution in [3.63, 3.8) is 0 Å². The smallest absolute Gasteiger partial charge is 0.430 e. The summed E-state index contributed by atoms with van der Waals surface area (Å²) < 4.78 is 30.2. The Kier molecular flexibility index (Phi) is 9.04. The van der Waals surface area contributed by atoms with Gasteiger partial charge < -0.3 is 13.9 Å². The van der Waals surface area contributed by atoms with Crippen LogP contribution in [-0.4, -0.2) is 51.5 Å². The van der Waals surface area contributed by atoms with Crippen molar-refractivity contribution in [3.05, 3.63) is 29.6 Å². The minimum atomic E-state index is -1.85. The van der Waals surface area contributed by atoms with Crippen molar-refractivity contribution < 1.29 is 23.1 Å². The lowest BCUT2D eigenvalue weighted by Crippen LogP contribution is -2.41. The highest BCUT2D eigenvalue weighted by Crippen LogP contribution is 2.36. The molecule has 0 atom stereocenters. The van der Waals surface area contributed by atoms with Crippen LogP contribution in [0.25, 0.3) is 0 Å². The summed E-state index contributed by atoms with van der Waals surface area (Å²) in [7, 11) is -0.454. The molecule has 30 heavy (non-hydrogen) atoms. The van der Waals surface area contributed by atoms with E-state index in [-0.39, 0.29) is 10.8 Å². The minimum absolute atomic E-state index is 0.116. The van der Waals surface area contributed by atoms with Crippen LogP contribution in [0.5, 0.6) is 5.75 Å². The van der Waals surface area contributed by atoms with E-state index in [0.29, 0.717) is 25.1 Å². The van der Waals surface area contributed by atoms with E-state index in [4.69, 9.17) is 13.9 Å². The molecule has 0 saturated carbocycles. The Labute approximate surface area is 181 Å². The summed E-state index contributed by atoms with van der Waals surface area (Å²) in [6, 6.07) is 4.38. The topological polar surface area (TPSA) is 60.4 Å². The van der Waals surface area contributed by atoms with Gasteiger partial charge in [-0.15, -0.1) is 0 Å². The van der Waals surface area contributed by atoms with Crippen LogP contribution in [0.1, 0.15) is 53.5 Å². The Morgan fingerprint density at radius 1 is 1.20 bits per heavy atom. The maximum absolute atomic E-state index is 13.6. The molecule has 0 unspecified atom stereocenters. The standard InChI is InChI=1S/C22H37FN2O4Si/c1-21(2,3)29-20(26)25(13-10-14-28-30(8,9)22(4,5)6)24-16-17-11-12-18(23)19(15-17)27-7/h11-12,15-16H,10,13-14H2,1-9H3/b24-16+. The van der Waals surface area contributed by atoms with Crippen LogP contribution in [0.3, 0.4) is 0 Å². The van der Waals surface area contributed by atoms with E-state index in [1.165, 1.54) is 30.5 Å². The summed E-state index contributed by atoms with van der Waals surface area (Å²) in [5, 5.41) is 5.67. The van der Waals surface area contributed by atoms with E-state index in [1.54, 1.807) is 26.8 Å². The zero-order chi connectivity index (χ0) is 23.2. The first-order chi connectivity index (χ1) is 13.7. The van der Waals surface area contributed by atoms with E-state index in [0.717, 1.165) is 0 Å². The molecule has 6 nitrogen and oxygen atoms in total. The van der Waals surface area contributed by atoms with Crippen molar-refractivity contribution in [2.75, 3.05) is 20.3 Å². The molecule has 0 aromatic heterocycles. The van der Waals surface area contributed by atoms with Gasteiger partial charge in [0, 0.05) is 6.61 Å². The fourth-order valence-corrected chi connectivity index (χ4v) is 3.25. The Morgan fingerprint density at radius 3 is 2.37 bits per heavy atom. The highest BCUT2D eigenvalue weighted by Gasteiger charge is 2.36. The molecule has 1 aromatic carbocycles. The van der Waals surface area contributed by atoms with Crippen LogP contribution < -0.4 is 4.74 Å². The average molecular weight is 441 g/mol. The zero-order valence-corrected chi connectivity index (χ0v) is 20.8. The van der Waals surface area contributed by atoms with Gasteiger partial charge in [0.15, 0.2) is 19.9 Å². The normalized spacial score (nSPS) is 12.9. The number of benzene rings is 1. The van der Waals surface area contributed by atoms with Gasteiger partial charge in [-0.05, 0) is 63.0 Å². The number of carbonyl (C=O) groups is 1. The van der Waals surface area contributed by atoms with Gasteiger partial charge in [0.05, 0.1) is 19.9 Å². The van der Waals surface area contributed by atoms with Crippen molar-refractivity contribution in [2.24, 2.45) is 5.10 Å². The highest BCUT2D eigenvalue weighted by atomic mass is 28.4. The summed E-state index contributed by atoms with van der Waals surface area (Å²) >= 11 is 0. The lowest BCUT2D eigenvalue weighted by atomic mass is 10.2. The van der Waals surface area contributed by atoms with Crippen LogP contribution in [0.4, 0.5) is 9.18 Å². The maximum atomic E-state index is 13.6. The second kappa shape index (κ2) is 10.4. The van der Waals surface area contributed by atoms with Gasteiger partial charge in [-0.25, -0.2) is 9.18 Å². The van der Waals surface area contributed by atoms with Crippen molar-refractivity contribution in [2.45, 2.75) is 71.7 Å². The van der Waals surface area contributed by atoms with Crippen LogP contribution in [0.15, 0.2) is 23.3 Å². The predicted molar refractivity (Wildman–Crippen MR) is 121 cm³/mol. The van der Waals surface area contributed by atoms with Crippen LogP contribution >= 0.6 is 0 Å². The van der Waals surface area contributed by atoms with Gasteiger partial charge in [-0.1, -0.05) is 26.8 Å². The molecule has 0 bridgehead atoms. The third-order valence-electron chi connectivity index (χ3n) is 4.91. The first-order valence-electron chi connectivity index (χ1n) is 10.2. The number of nitrogens with zero attached hydrogens (tertiary/aromatic N) is 2. The molecule has 0 N–H and O–H groups in total. The molecule has 0 aliphatic rings. The SMILES string of the molecule is COc1cc(/C=N/N(CCCO[Si](C)(C)C(C)(C)C)C(=O)OC(C)(C)C)ccc1F. The molecule has 1 rings (SSSR count). The number of hydrazone groups is 1. The van der Waals surface area contributed by atoms with Crippen LogP contribution in [0.2, 0.25) is 18.1 Å². The van der Waals surface area contributed by atoms with Crippen LogP contribution in [0, 0.1) is 5.82 Å². The first kappa shape index (κ1) is 26.1. The van der Waals surface area contributed by atoms with E-state index < -0.39 is 25.8 Å². The van der Waals surface area contributed by atoms with Crippen molar-refractivity contribution >= 4 is 20.6 Å². The number of halogens is 1. The van der Waals surface area contributed by atoms with Gasteiger partial charge in [0.25, 0.3) is 0 Å². The number of hydrogen-bond donors (Lipinski definition) is 0. The molecular weight excluding hydrogens is 403 g/mol. The summed E-state index contributed by atoms with van der Waals surface area (Å²) in [4.78, 5) is 12.6. The number of hydrogen-bond acceptors (Lipinski definition) is 5. The monoisotopic (exact) mass is 440 g/mol.